The topological polar surface area (TPSA) is 169 Å². The molecule has 7 fully saturated rings. The van der Waals surface area contributed by atoms with Gasteiger partial charge in [-0.1, -0.05) is 27.7 Å². The molecule has 7 rings (SSSR count). The van der Waals surface area contributed by atoms with Crippen molar-refractivity contribution in [2.75, 3.05) is 6.61 Å². The monoisotopic (exact) mass is 652 g/mol. The van der Waals surface area contributed by atoms with Crippen LogP contribution in [0.1, 0.15) is 106 Å². The van der Waals surface area contributed by atoms with Crippen molar-refractivity contribution in [2.45, 2.75) is 173 Å². The summed E-state index contributed by atoms with van der Waals surface area (Å²) in [6.07, 6.45) is -0.704. The largest absolute Gasteiger partial charge is 0.394 e. The fourth-order valence-corrected chi connectivity index (χ4v) is 13.2. The van der Waals surface area contributed by atoms with Crippen molar-refractivity contribution in [2.24, 2.45) is 44.8 Å². The SMILES string of the molecule is CC(C)(O)C1CCC(C)(C2CC3(C)CCC45CC46CCC(OC4OC(CO)C(O)C(O)C4O)C(C)(C)C6C(O)CC5C3(C)C2O)O1. The van der Waals surface area contributed by atoms with Gasteiger partial charge < -0.3 is 50.0 Å². The van der Waals surface area contributed by atoms with Gasteiger partial charge >= 0.3 is 0 Å². The Morgan fingerprint density at radius 3 is 2.17 bits per heavy atom. The van der Waals surface area contributed by atoms with Gasteiger partial charge in [0.25, 0.3) is 0 Å². The van der Waals surface area contributed by atoms with Crippen LogP contribution in [-0.4, -0.2) is 109 Å². The van der Waals surface area contributed by atoms with Crippen LogP contribution < -0.4 is 0 Å². The summed E-state index contributed by atoms with van der Waals surface area (Å²) in [6.45, 7) is 14.2. The molecule has 0 radical (unpaired) electrons. The van der Waals surface area contributed by atoms with Gasteiger partial charge in [0, 0.05) is 11.3 Å². The molecule has 0 aromatic rings. The van der Waals surface area contributed by atoms with E-state index in [1.54, 1.807) is 13.8 Å². The predicted molar refractivity (Wildman–Crippen MR) is 167 cm³/mol. The van der Waals surface area contributed by atoms with Crippen molar-refractivity contribution in [3.63, 3.8) is 0 Å². The molecule has 10 nitrogen and oxygen atoms in total. The first kappa shape index (κ1) is 34.1. The Labute approximate surface area is 273 Å². The number of fused-ring (bicyclic) bond motifs is 2. The van der Waals surface area contributed by atoms with Gasteiger partial charge in [-0.2, -0.15) is 0 Å². The Morgan fingerprint density at radius 1 is 0.848 bits per heavy atom. The van der Waals surface area contributed by atoms with Crippen LogP contribution in [0.3, 0.4) is 0 Å². The Balaban J connectivity index is 1.15. The van der Waals surface area contributed by atoms with E-state index >= 15 is 0 Å². The molecule has 17 atom stereocenters. The molecule has 10 heteroatoms. The minimum atomic E-state index is -1.50. The lowest BCUT2D eigenvalue weighted by molar-refractivity contribution is -0.329. The smallest absolute Gasteiger partial charge is 0.186 e. The highest BCUT2D eigenvalue weighted by Crippen LogP contribution is 2.89. The molecule has 5 aliphatic carbocycles. The standard InChI is InChI=1S/C36H60O10/c1-30(2)22(45-29-26(41)25(40)24(39)20(16-37)44-29)9-11-36-17-35(36)13-12-32(5)15-18(33(6)10-8-23(46-33)31(3,4)43)28(42)34(32,7)21(35)14-19(38)27(30)36/h18-29,37-43H,8-17H2,1-7H3. The van der Waals surface area contributed by atoms with Gasteiger partial charge in [-0.25, -0.2) is 0 Å². The third-order valence-electron chi connectivity index (χ3n) is 16.0. The maximum absolute atomic E-state index is 12.5. The number of hydrogen-bond donors (Lipinski definition) is 7. The minimum absolute atomic E-state index is 0.0273. The van der Waals surface area contributed by atoms with Crippen molar-refractivity contribution in [1.82, 2.24) is 0 Å². The average molecular weight is 653 g/mol. The van der Waals surface area contributed by atoms with Gasteiger partial charge in [-0.15, -0.1) is 0 Å². The van der Waals surface area contributed by atoms with Gasteiger partial charge in [0.1, 0.15) is 24.4 Å². The second kappa shape index (κ2) is 10.3. The second-order valence-electron chi connectivity index (χ2n) is 18.7. The molecule has 2 spiro atoms. The lowest BCUT2D eigenvalue weighted by Crippen LogP contribution is -2.64. The Kier molecular flexibility index (Phi) is 7.65. The van der Waals surface area contributed by atoms with E-state index in [0.717, 1.165) is 44.9 Å². The first-order valence-electron chi connectivity index (χ1n) is 17.9. The van der Waals surface area contributed by atoms with E-state index in [4.69, 9.17) is 14.2 Å². The summed E-state index contributed by atoms with van der Waals surface area (Å²) in [5.41, 5.74) is -2.47. The normalized spacial score (nSPS) is 59.3. The Bertz CT molecular complexity index is 1200. The van der Waals surface area contributed by atoms with Crippen LogP contribution in [-0.2, 0) is 14.2 Å². The van der Waals surface area contributed by atoms with E-state index < -0.39 is 71.6 Å². The van der Waals surface area contributed by atoms with Crippen LogP contribution >= 0.6 is 0 Å². The zero-order valence-corrected chi connectivity index (χ0v) is 28.9. The molecule has 2 saturated heterocycles. The van der Waals surface area contributed by atoms with Crippen LogP contribution in [0.25, 0.3) is 0 Å². The second-order valence-corrected chi connectivity index (χ2v) is 18.7. The Morgan fingerprint density at radius 2 is 1.54 bits per heavy atom. The number of rotatable bonds is 5. The number of aliphatic hydroxyl groups excluding tert-OH is 6. The van der Waals surface area contributed by atoms with Crippen LogP contribution in [0.15, 0.2) is 0 Å². The lowest BCUT2D eigenvalue weighted by Gasteiger charge is -2.64. The molecule has 7 aliphatic rings. The zero-order chi connectivity index (χ0) is 33.6. The van der Waals surface area contributed by atoms with Crippen LogP contribution in [0.5, 0.6) is 0 Å². The van der Waals surface area contributed by atoms with Gasteiger partial charge in [0.2, 0.25) is 0 Å². The molecule has 2 heterocycles. The summed E-state index contributed by atoms with van der Waals surface area (Å²) in [6, 6.07) is 0. The summed E-state index contributed by atoms with van der Waals surface area (Å²) in [7, 11) is 0. The van der Waals surface area contributed by atoms with Gasteiger partial charge in [0.15, 0.2) is 6.29 Å². The van der Waals surface area contributed by atoms with Gasteiger partial charge in [-0.05, 0) is 112 Å². The molecule has 0 amide bonds. The van der Waals surface area contributed by atoms with Gasteiger partial charge in [-0.3, -0.25) is 0 Å². The highest BCUT2D eigenvalue weighted by atomic mass is 16.7. The third-order valence-corrected chi connectivity index (χ3v) is 16.0. The molecule has 0 aromatic carbocycles. The molecular weight excluding hydrogens is 592 g/mol. The third kappa shape index (κ3) is 4.24. The molecule has 46 heavy (non-hydrogen) atoms. The molecule has 5 saturated carbocycles. The quantitative estimate of drug-likeness (QED) is 0.219. The maximum Gasteiger partial charge on any atom is 0.186 e. The summed E-state index contributed by atoms with van der Waals surface area (Å²) < 4.78 is 18.8. The van der Waals surface area contributed by atoms with E-state index in [-0.39, 0.29) is 46.2 Å². The lowest BCUT2D eigenvalue weighted by atomic mass is 9.42. The molecule has 2 aliphatic heterocycles. The minimum Gasteiger partial charge on any atom is -0.394 e. The van der Waals surface area contributed by atoms with Crippen molar-refractivity contribution in [3.8, 4) is 0 Å². The molecule has 264 valence electrons. The van der Waals surface area contributed by atoms with Crippen molar-refractivity contribution < 1.29 is 50.0 Å². The molecule has 17 unspecified atom stereocenters. The number of hydrogen-bond acceptors (Lipinski definition) is 10. The summed E-state index contributed by atoms with van der Waals surface area (Å²) >= 11 is 0. The summed E-state index contributed by atoms with van der Waals surface area (Å²) in [5, 5.41) is 76.4. The fourth-order valence-electron chi connectivity index (χ4n) is 13.2. The summed E-state index contributed by atoms with van der Waals surface area (Å²) in [5.74, 6) is 0.0675. The van der Waals surface area contributed by atoms with Gasteiger partial charge in [0.05, 0.1) is 42.2 Å². The van der Waals surface area contributed by atoms with Crippen molar-refractivity contribution in [1.29, 1.82) is 0 Å². The van der Waals surface area contributed by atoms with E-state index in [1.165, 1.54) is 0 Å². The zero-order valence-electron chi connectivity index (χ0n) is 28.9. The van der Waals surface area contributed by atoms with Crippen LogP contribution in [0.4, 0.5) is 0 Å². The van der Waals surface area contributed by atoms with E-state index in [9.17, 15) is 35.7 Å². The maximum atomic E-state index is 12.5. The van der Waals surface area contributed by atoms with E-state index in [0.29, 0.717) is 12.8 Å². The molecule has 7 N–H and O–H groups in total. The van der Waals surface area contributed by atoms with Crippen LogP contribution in [0, 0.1) is 44.8 Å². The first-order valence-corrected chi connectivity index (χ1v) is 17.9. The van der Waals surface area contributed by atoms with E-state index in [2.05, 4.69) is 34.6 Å². The Hall–Kier alpha value is -0.400. The number of ether oxygens (including phenoxy) is 3. The molecule has 0 aromatic heterocycles. The number of aliphatic hydroxyl groups is 7. The van der Waals surface area contributed by atoms with Crippen LogP contribution in [0.2, 0.25) is 0 Å². The van der Waals surface area contributed by atoms with Crippen molar-refractivity contribution in [3.05, 3.63) is 0 Å². The fraction of sp³-hybridized carbons (Fsp3) is 1.00. The van der Waals surface area contributed by atoms with E-state index in [1.807, 2.05) is 0 Å². The summed E-state index contributed by atoms with van der Waals surface area (Å²) in [4.78, 5) is 0. The highest BCUT2D eigenvalue weighted by Gasteiger charge is 2.85. The molecular formula is C36H60O10. The predicted octanol–water partition coefficient (Wildman–Crippen LogP) is 2.26. The highest BCUT2D eigenvalue weighted by molar-refractivity contribution is 5.33. The van der Waals surface area contributed by atoms with Crippen molar-refractivity contribution >= 4 is 0 Å². The first-order chi connectivity index (χ1) is 21.2. The molecule has 0 bridgehead atoms. The average Bonchev–Trinajstić information content (AvgIpc) is 3.33.